The molecule has 0 saturated carbocycles. The number of aryl methyl sites for hydroxylation is 1. The molecule has 48 heavy (non-hydrogen) atoms. The van der Waals surface area contributed by atoms with Crippen LogP contribution in [0.25, 0.3) is 54.2 Å². The van der Waals surface area contributed by atoms with Gasteiger partial charge in [-0.1, -0.05) is 117 Å². The summed E-state index contributed by atoms with van der Waals surface area (Å²) in [5, 5.41) is 9.82. The van der Waals surface area contributed by atoms with Gasteiger partial charge in [0.25, 0.3) is 0 Å². The van der Waals surface area contributed by atoms with Crippen molar-refractivity contribution in [2.75, 3.05) is 21.3 Å². The van der Waals surface area contributed by atoms with E-state index < -0.39 is 0 Å². The molecule has 0 bridgehead atoms. The minimum absolute atomic E-state index is 0. The Kier molecular flexibility index (Phi) is 15.4. The third kappa shape index (κ3) is 8.77. The zero-order valence-corrected chi connectivity index (χ0v) is 31.8. The molecule has 0 atom stereocenters. The Labute approximate surface area is 306 Å². The van der Waals surface area contributed by atoms with E-state index in [1.165, 1.54) is 51.1 Å². The molecule has 246 valence electrons. The molecule has 0 unspecified atom stereocenters. The van der Waals surface area contributed by atoms with Gasteiger partial charge in [-0.05, 0) is 22.9 Å². The third-order valence-electron chi connectivity index (χ3n) is 8.27. The summed E-state index contributed by atoms with van der Waals surface area (Å²) in [7, 11) is 4.99. The first-order valence-corrected chi connectivity index (χ1v) is 16.5. The van der Waals surface area contributed by atoms with Gasteiger partial charge in [-0.15, -0.1) is 62.3 Å². The molecule has 3 nitrogen and oxygen atoms in total. The van der Waals surface area contributed by atoms with Gasteiger partial charge in [0.05, 0.1) is 27.1 Å². The standard InChI is InChI=1S/C20H15.C16H15O3.2C4H9.Zr/c1-14-17-10-4-3-8-16(17)13-20(14)19-12-6-9-15-7-2-5-11-18(15)19;1-17-12-5-6-13-11(9-12)8-10-4-7-14(18-2)16(19-3)15(10)13;2*1-3-4-2;/h2-13H,1H3;4-9H,1-3H3;2*1,3-4H2,2H3;/q4*-1;+4. The number of ether oxygens (including phenoxy) is 3. The molecule has 0 aromatic heterocycles. The average Bonchev–Trinajstić information content (AvgIpc) is 3.68. The fourth-order valence-electron chi connectivity index (χ4n) is 5.64. The summed E-state index contributed by atoms with van der Waals surface area (Å²) in [5.74, 6) is 2.38. The molecule has 7 aromatic carbocycles. The number of hydrogen-bond donors (Lipinski definition) is 0. The summed E-state index contributed by atoms with van der Waals surface area (Å²) < 4.78 is 16.1. The maximum atomic E-state index is 5.52. The normalized spacial score (nSPS) is 10.2. The number of fused-ring (bicyclic) bond motifs is 5. The van der Waals surface area contributed by atoms with E-state index in [2.05, 4.69) is 120 Å². The summed E-state index contributed by atoms with van der Waals surface area (Å²) in [6, 6.07) is 38.2. The Morgan fingerprint density at radius 2 is 1.25 bits per heavy atom. The Balaban J connectivity index is 0.000000210. The summed E-state index contributed by atoms with van der Waals surface area (Å²) >= 11 is 0. The van der Waals surface area contributed by atoms with Crippen LogP contribution in [-0.4, -0.2) is 21.3 Å². The van der Waals surface area contributed by atoms with Crippen molar-refractivity contribution in [3.63, 3.8) is 0 Å². The number of methoxy groups -OCH3 is 3. The topological polar surface area (TPSA) is 27.7 Å². The second kappa shape index (κ2) is 19.2. The van der Waals surface area contributed by atoms with Crippen molar-refractivity contribution < 1.29 is 40.4 Å². The fourth-order valence-corrected chi connectivity index (χ4v) is 5.64. The summed E-state index contributed by atoms with van der Waals surface area (Å²) in [5.41, 5.74) is 4.05. The van der Waals surface area contributed by atoms with Gasteiger partial charge in [-0.3, -0.25) is 0 Å². The Morgan fingerprint density at radius 1 is 0.604 bits per heavy atom. The van der Waals surface area contributed by atoms with E-state index >= 15 is 0 Å². The fraction of sp³-hybridized carbons (Fsp3) is 0.227. The molecule has 0 aliphatic heterocycles. The van der Waals surface area contributed by atoms with Gasteiger partial charge in [0, 0.05) is 0 Å². The number of hydrogen-bond acceptors (Lipinski definition) is 3. The van der Waals surface area contributed by atoms with Crippen LogP contribution < -0.4 is 14.2 Å². The Hall–Kier alpha value is -3.88. The monoisotopic (exact) mass is 714 g/mol. The van der Waals surface area contributed by atoms with E-state index in [4.69, 9.17) is 14.2 Å². The van der Waals surface area contributed by atoms with Gasteiger partial charge in [-0.25, -0.2) is 0 Å². The zero-order chi connectivity index (χ0) is 33.8. The predicted octanol–water partition coefficient (Wildman–Crippen LogP) is 12.7. The summed E-state index contributed by atoms with van der Waals surface area (Å²) in [6.45, 7) is 13.7. The molecule has 7 aromatic rings. The van der Waals surface area contributed by atoms with Gasteiger partial charge < -0.3 is 28.1 Å². The minimum atomic E-state index is 0. The van der Waals surface area contributed by atoms with E-state index in [1.54, 1.807) is 21.3 Å². The second-order valence-electron chi connectivity index (χ2n) is 11.4. The zero-order valence-electron chi connectivity index (χ0n) is 29.4. The molecule has 0 fully saturated rings. The van der Waals surface area contributed by atoms with E-state index in [0.717, 1.165) is 51.6 Å². The molecule has 0 aliphatic rings. The van der Waals surface area contributed by atoms with Crippen LogP contribution in [-0.2, 0) is 26.2 Å². The van der Waals surface area contributed by atoms with Crippen LogP contribution >= 0.6 is 0 Å². The van der Waals surface area contributed by atoms with Crippen molar-refractivity contribution in [3.05, 3.63) is 129 Å². The Bertz CT molecular complexity index is 2000. The third-order valence-corrected chi connectivity index (χ3v) is 8.27. The SMILES string of the molecule is COc1ccc2c(c1)[cH-]c1ccc(OC)c(OC)c12.Cc1c(-c2cccc3ccccc23)[cH-]c2ccccc12.[CH2-]CCC.[CH2-]CCC.[Zr+4]. The van der Waals surface area contributed by atoms with E-state index in [-0.39, 0.29) is 26.2 Å². The van der Waals surface area contributed by atoms with Gasteiger partial charge in [-0.2, -0.15) is 12.8 Å². The van der Waals surface area contributed by atoms with E-state index in [1.807, 2.05) is 24.3 Å². The van der Waals surface area contributed by atoms with Gasteiger partial charge in [0.2, 0.25) is 0 Å². The van der Waals surface area contributed by atoms with Crippen LogP contribution in [0.1, 0.15) is 45.1 Å². The molecule has 7 rings (SSSR count). The maximum Gasteiger partial charge on any atom is 4.00 e. The van der Waals surface area contributed by atoms with Crippen molar-refractivity contribution in [3.8, 4) is 28.4 Å². The van der Waals surface area contributed by atoms with Crippen molar-refractivity contribution in [2.24, 2.45) is 0 Å². The van der Waals surface area contributed by atoms with Crippen molar-refractivity contribution in [1.29, 1.82) is 0 Å². The predicted molar refractivity (Wildman–Crippen MR) is 204 cm³/mol. The van der Waals surface area contributed by atoms with E-state index in [9.17, 15) is 0 Å². The number of unbranched alkanes of at least 4 members (excludes halogenated alkanes) is 2. The molecule has 4 heteroatoms. The van der Waals surface area contributed by atoms with Crippen molar-refractivity contribution in [2.45, 2.75) is 46.5 Å². The number of rotatable bonds is 6. The van der Waals surface area contributed by atoms with Gasteiger partial charge in [0.1, 0.15) is 11.5 Å². The van der Waals surface area contributed by atoms with Gasteiger partial charge in [0.15, 0.2) is 0 Å². The molecular weight excluding hydrogens is 668 g/mol. The number of benzene rings is 5. The van der Waals surface area contributed by atoms with E-state index in [0.29, 0.717) is 0 Å². The average molecular weight is 716 g/mol. The molecular formula is C44H48O3Zr. The van der Waals surface area contributed by atoms with Crippen molar-refractivity contribution >= 4 is 43.1 Å². The molecule has 0 spiro atoms. The molecule has 0 saturated heterocycles. The first-order valence-electron chi connectivity index (χ1n) is 16.5. The summed E-state index contributed by atoms with van der Waals surface area (Å²) in [4.78, 5) is 0. The van der Waals surface area contributed by atoms with Crippen molar-refractivity contribution in [1.82, 2.24) is 0 Å². The first-order chi connectivity index (χ1) is 23.0. The molecule has 0 radical (unpaired) electrons. The van der Waals surface area contributed by atoms with Crippen LogP contribution in [0.4, 0.5) is 0 Å². The smallest absolute Gasteiger partial charge is 0.505 e. The minimum Gasteiger partial charge on any atom is -0.505 e. The Morgan fingerprint density at radius 3 is 1.88 bits per heavy atom. The van der Waals surface area contributed by atoms with Crippen LogP contribution in [0.2, 0.25) is 0 Å². The first kappa shape index (κ1) is 38.6. The largest absolute Gasteiger partial charge is 4.00 e. The second-order valence-corrected chi connectivity index (χ2v) is 11.4. The quantitative estimate of drug-likeness (QED) is 0.160. The maximum absolute atomic E-state index is 5.52. The van der Waals surface area contributed by atoms with Gasteiger partial charge >= 0.3 is 26.2 Å². The molecule has 0 aliphatic carbocycles. The van der Waals surface area contributed by atoms with Crippen LogP contribution in [0.5, 0.6) is 17.2 Å². The van der Waals surface area contributed by atoms with Crippen LogP contribution in [0, 0.1) is 20.8 Å². The molecule has 0 heterocycles. The summed E-state index contributed by atoms with van der Waals surface area (Å²) in [6.07, 6.45) is 4.56. The van der Waals surface area contributed by atoms with Crippen LogP contribution in [0.15, 0.2) is 109 Å². The molecule has 0 N–H and O–H groups in total. The molecule has 0 amide bonds. The van der Waals surface area contributed by atoms with Crippen LogP contribution in [0.3, 0.4) is 0 Å².